The molecule has 19 heavy (non-hydrogen) atoms. The number of amides is 1. The second kappa shape index (κ2) is 6.87. The molecule has 2 rings (SSSR count). The van der Waals surface area contributed by atoms with Crippen LogP contribution in [-0.2, 0) is 16.0 Å². The summed E-state index contributed by atoms with van der Waals surface area (Å²) in [6.45, 7) is 2.12. The normalized spacial score (nSPS) is 16.3. The van der Waals surface area contributed by atoms with Crippen LogP contribution in [0.15, 0.2) is 18.2 Å². The number of halogens is 2. The van der Waals surface area contributed by atoms with Crippen LogP contribution in [0.25, 0.3) is 0 Å². The van der Waals surface area contributed by atoms with Crippen molar-refractivity contribution in [3.05, 3.63) is 34.6 Å². The van der Waals surface area contributed by atoms with Gasteiger partial charge in [0.15, 0.2) is 0 Å². The summed E-state index contributed by atoms with van der Waals surface area (Å²) in [5.74, 6) is -0.180. The molecule has 5 heteroatoms. The summed E-state index contributed by atoms with van der Waals surface area (Å²) >= 11 is 5.89. The molecule has 1 aliphatic rings. The third-order valence-corrected chi connectivity index (χ3v) is 3.68. The minimum atomic E-state index is -0.436. The highest BCUT2D eigenvalue weighted by Crippen LogP contribution is 2.19. The first-order valence-electron chi connectivity index (χ1n) is 6.44. The molecule has 1 aromatic rings. The summed E-state index contributed by atoms with van der Waals surface area (Å²) in [7, 11) is 0. The molecule has 0 aromatic heterocycles. The van der Waals surface area contributed by atoms with Crippen molar-refractivity contribution in [1.29, 1.82) is 0 Å². The molecular formula is C14H17ClFNO2. The van der Waals surface area contributed by atoms with Crippen LogP contribution in [0.4, 0.5) is 4.39 Å². The van der Waals surface area contributed by atoms with Gasteiger partial charge in [-0.2, -0.15) is 0 Å². The van der Waals surface area contributed by atoms with E-state index in [4.69, 9.17) is 16.3 Å². The van der Waals surface area contributed by atoms with Crippen LogP contribution in [0.1, 0.15) is 18.4 Å². The van der Waals surface area contributed by atoms with E-state index < -0.39 is 5.82 Å². The van der Waals surface area contributed by atoms with Gasteiger partial charge < -0.3 is 10.1 Å². The molecule has 0 aliphatic carbocycles. The number of hydrogen-bond donors (Lipinski definition) is 1. The topological polar surface area (TPSA) is 38.3 Å². The molecule has 0 radical (unpaired) electrons. The van der Waals surface area contributed by atoms with Crippen LogP contribution in [0, 0.1) is 11.7 Å². The van der Waals surface area contributed by atoms with Crippen LogP contribution in [0.3, 0.4) is 0 Å². The van der Waals surface area contributed by atoms with Crippen molar-refractivity contribution in [3.63, 3.8) is 0 Å². The van der Waals surface area contributed by atoms with Gasteiger partial charge in [0.2, 0.25) is 5.91 Å². The summed E-state index contributed by atoms with van der Waals surface area (Å²) < 4.78 is 18.8. The van der Waals surface area contributed by atoms with Gasteiger partial charge in [-0.25, -0.2) is 4.39 Å². The molecule has 3 nitrogen and oxygen atoms in total. The summed E-state index contributed by atoms with van der Waals surface area (Å²) in [6.07, 6.45) is 1.90. The van der Waals surface area contributed by atoms with Crippen molar-refractivity contribution < 1.29 is 13.9 Å². The average Bonchev–Trinajstić information content (AvgIpc) is 2.42. The van der Waals surface area contributed by atoms with E-state index in [1.54, 1.807) is 6.07 Å². The highest BCUT2D eigenvalue weighted by atomic mass is 35.5. The summed E-state index contributed by atoms with van der Waals surface area (Å²) in [4.78, 5) is 11.8. The molecule has 0 bridgehead atoms. The Morgan fingerprint density at radius 1 is 1.42 bits per heavy atom. The molecular weight excluding hydrogens is 269 g/mol. The van der Waals surface area contributed by atoms with Gasteiger partial charge in [-0.1, -0.05) is 17.7 Å². The lowest BCUT2D eigenvalue weighted by Gasteiger charge is -2.22. The molecule has 1 saturated heterocycles. The molecule has 0 unspecified atom stereocenters. The lowest BCUT2D eigenvalue weighted by molar-refractivity contribution is -0.120. The van der Waals surface area contributed by atoms with Gasteiger partial charge in [0, 0.05) is 30.3 Å². The fraction of sp³-hybridized carbons (Fsp3) is 0.500. The number of carbonyl (C=O) groups excluding carboxylic acids is 1. The Morgan fingerprint density at radius 3 is 2.84 bits per heavy atom. The first-order valence-corrected chi connectivity index (χ1v) is 6.82. The highest BCUT2D eigenvalue weighted by Gasteiger charge is 2.16. The molecule has 1 fully saturated rings. The van der Waals surface area contributed by atoms with Crippen molar-refractivity contribution in [2.75, 3.05) is 19.8 Å². The van der Waals surface area contributed by atoms with E-state index in [0.29, 0.717) is 17.5 Å². The van der Waals surface area contributed by atoms with Gasteiger partial charge in [-0.15, -0.1) is 0 Å². The zero-order valence-corrected chi connectivity index (χ0v) is 11.4. The van der Waals surface area contributed by atoms with E-state index in [1.807, 2.05) is 0 Å². The number of rotatable bonds is 4. The summed E-state index contributed by atoms with van der Waals surface area (Å²) in [5, 5.41) is 3.13. The molecule has 1 amide bonds. The van der Waals surface area contributed by atoms with Gasteiger partial charge in [0.05, 0.1) is 6.42 Å². The molecule has 0 atom stereocenters. The molecule has 0 spiro atoms. The lowest BCUT2D eigenvalue weighted by atomic mass is 10.0. The van der Waals surface area contributed by atoms with Crippen molar-refractivity contribution in [1.82, 2.24) is 5.32 Å². The van der Waals surface area contributed by atoms with E-state index in [9.17, 15) is 9.18 Å². The number of carbonyl (C=O) groups is 1. The quantitative estimate of drug-likeness (QED) is 0.923. The Kier molecular flexibility index (Phi) is 5.16. The molecule has 1 aliphatic heterocycles. The van der Waals surface area contributed by atoms with Crippen molar-refractivity contribution in [2.45, 2.75) is 19.3 Å². The van der Waals surface area contributed by atoms with Crippen LogP contribution in [0.5, 0.6) is 0 Å². The monoisotopic (exact) mass is 285 g/mol. The van der Waals surface area contributed by atoms with Crippen molar-refractivity contribution >= 4 is 17.5 Å². The van der Waals surface area contributed by atoms with Crippen LogP contribution in [0.2, 0.25) is 5.02 Å². The predicted molar refractivity (Wildman–Crippen MR) is 71.7 cm³/mol. The second-order valence-electron chi connectivity index (χ2n) is 4.74. The van der Waals surface area contributed by atoms with Gasteiger partial charge in [0.1, 0.15) is 5.82 Å². The van der Waals surface area contributed by atoms with Crippen molar-refractivity contribution in [3.8, 4) is 0 Å². The van der Waals surface area contributed by atoms with E-state index in [-0.39, 0.29) is 17.9 Å². The van der Waals surface area contributed by atoms with E-state index >= 15 is 0 Å². The maximum Gasteiger partial charge on any atom is 0.224 e. The van der Waals surface area contributed by atoms with E-state index in [0.717, 1.165) is 26.1 Å². The van der Waals surface area contributed by atoms with Crippen LogP contribution in [-0.4, -0.2) is 25.7 Å². The molecule has 1 aromatic carbocycles. The Hall–Kier alpha value is -1.13. The third kappa shape index (κ3) is 4.18. The fourth-order valence-electron chi connectivity index (χ4n) is 2.13. The maximum absolute atomic E-state index is 13.5. The maximum atomic E-state index is 13.5. The zero-order valence-electron chi connectivity index (χ0n) is 10.6. The van der Waals surface area contributed by atoms with Gasteiger partial charge >= 0.3 is 0 Å². The van der Waals surface area contributed by atoms with Crippen molar-refractivity contribution in [2.24, 2.45) is 5.92 Å². The standard InChI is InChI=1S/C14H17ClFNO2/c15-12-2-1-3-13(16)11(12)8-14(18)17-9-10-4-6-19-7-5-10/h1-3,10H,4-9H2,(H,17,18). The van der Waals surface area contributed by atoms with Gasteiger partial charge in [-0.3, -0.25) is 4.79 Å². The minimum Gasteiger partial charge on any atom is -0.381 e. The molecule has 104 valence electrons. The number of nitrogens with one attached hydrogen (secondary N) is 1. The van der Waals surface area contributed by atoms with Crippen LogP contribution < -0.4 is 5.32 Å². The Labute approximate surface area is 117 Å². The van der Waals surface area contributed by atoms with Gasteiger partial charge in [-0.05, 0) is 30.9 Å². The zero-order chi connectivity index (χ0) is 13.7. The Morgan fingerprint density at radius 2 is 2.16 bits per heavy atom. The Balaban J connectivity index is 1.83. The SMILES string of the molecule is O=C(Cc1c(F)cccc1Cl)NCC1CCOCC1. The summed E-state index contributed by atoms with van der Waals surface area (Å²) in [6, 6.07) is 4.43. The molecule has 1 N–H and O–H groups in total. The smallest absolute Gasteiger partial charge is 0.224 e. The van der Waals surface area contributed by atoms with Crippen LogP contribution >= 0.6 is 11.6 Å². The number of benzene rings is 1. The third-order valence-electron chi connectivity index (χ3n) is 3.33. The lowest BCUT2D eigenvalue weighted by Crippen LogP contribution is -2.33. The van der Waals surface area contributed by atoms with E-state index in [2.05, 4.69) is 5.32 Å². The summed E-state index contributed by atoms with van der Waals surface area (Å²) in [5.41, 5.74) is 0.258. The second-order valence-corrected chi connectivity index (χ2v) is 5.14. The molecule has 1 heterocycles. The van der Waals surface area contributed by atoms with E-state index in [1.165, 1.54) is 12.1 Å². The Bertz CT molecular complexity index is 427. The van der Waals surface area contributed by atoms with Gasteiger partial charge in [0.25, 0.3) is 0 Å². The number of ether oxygens (including phenoxy) is 1. The highest BCUT2D eigenvalue weighted by molar-refractivity contribution is 6.31. The first-order chi connectivity index (χ1) is 9.16. The fourth-order valence-corrected chi connectivity index (χ4v) is 2.36. The minimum absolute atomic E-state index is 0.0191. The first kappa shape index (κ1) is 14.3. The predicted octanol–water partition coefficient (Wildman–Crippen LogP) is 2.56. The number of hydrogen-bond acceptors (Lipinski definition) is 2. The largest absolute Gasteiger partial charge is 0.381 e. The molecule has 0 saturated carbocycles. The average molecular weight is 286 g/mol.